The summed E-state index contributed by atoms with van der Waals surface area (Å²) in [6.07, 6.45) is 0. The monoisotopic (exact) mass is 468 g/mol. The van der Waals surface area contributed by atoms with Crippen LogP contribution in [0.5, 0.6) is 5.75 Å². The molecule has 0 radical (unpaired) electrons. The third kappa shape index (κ3) is 5.06. The van der Waals surface area contributed by atoms with Crippen molar-refractivity contribution in [3.63, 3.8) is 0 Å². The molecule has 2 aromatic heterocycles. The van der Waals surface area contributed by atoms with Crippen molar-refractivity contribution < 1.29 is 18.4 Å². The van der Waals surface area contributed by atoms with Crippen LogP contribution in [0.3, 0.4) is 0 Å². The summed E-state index contributed by atoms with van der Waals surface area (Å²) in [5.74, 6) is 0.341. The summed E-state index contributed by atoms with van der Waals surface area (Å²) in [4.78, 5) is 13.0. The molecule has 33 heavy (non-hydrogen) atoms. The third-order valence-corrected chi connectivity index (χ3v) is 5.48. The van der Waals surface area contributed by atoms with E-state index in [9.17, 15) is 9.18 Å². The van der Waals surface area contributed by atoms with Gasteiger partial charge in [0, 0.05) is 5.02 Å². The Bertz CT molecular complexity index is 1300. The standard InChI is InChI=1S/C24H22ClFN4O3/c1-14-22(15(2)30(28-14)12-17-7-9-19(26)10-8-17)27-24(31)23-21(16(3)33-29-23)13-32-20-6-4-5-18(25)11-20/h4-11H,12-13H2,1-3H3,(H,27,31). The number of halogens is 2. The van der Waals surface area contributed by atoms with Gasteiger partial charge in [0.2, 0.25) is 0 Å². The Morgan fingerprint density at radius 3 is 2.67 bits per heavy atom. The number of rotatable bonds is 7. The average Bonchev–Trinajstić information content (AvgIpc) is 3.28. The molecule has 7 nitrogen and oxygen atoms in total. The maximum atomic E-state index is 13.2. The number of nitrogens with one attached hydrogen (secondary N) is 1. The molecular weight excluding hydrogens is 447 g/mol. The van der Waals surface area contributed by atoms with Gasteiger partial charge in [0.15, 0.2) is 5.69 Å². The number of ether oxygens (including phenoxy) is 1. The molecule has 0 atom stereocenters. The van der Waals surface area contributed by atoms with Crippen LogP contribution in [-0.2, 0) is 13.2 Å². The van der Waals surface area contributed by atoms with Crippen LogP contribution in [0.2, 0.25) is 5.02 Å². The zero-order valence-electron chi connectivity index (χ0n) is 18.4. The summed E-state index contributed by atoms with van der Waals surface area (Å²) in [6, 6.07) is 13.2. The van der Waals surface area contributed by atoms with Gasteiger partial charge < -0.3 is 14.6 Å². The first-order chi connectivity index (χ1) is 15.8. The van der Waals surface area contributed by atoms with Crippen LogP contribution >= 0.6 is 11.6 Å². The van der Waals surface area contributed by atoms with Gasteiger partial charge in [-0.3, -0.25) is 9.48 Å². The third-order valence-electron chi connectivity index (χ3n) is 5.24. The lowest BCUT2D eigenvalue weighted by molar-refractivity contribution is 0.101. The normalized spacial score (nSPS) is 10.9. The number of amides is 1. The second-order valence-corrected chi connectivity index (χ2v) is 8.03. The van der Waals surface area contributed by atoms with Crippen molar-refractivity contribution in [2.75, 3.05) is 5.32 Å². The number of hydrogen-bond acceptors (Lipinski definition) is 5. The molecule has 2 aromatic carbocycles. The van der Waals surface area contributed by atoms with E-state index in [1.165, 1.54) is 12.1 Å². The van der Waals surface area contributed by atoms with E-state index in [2.05, 4.69) is 15.6 Å². The van der Waals surface area contributed by atoms with E-state index < -0.39 is 5.91 Å². The van der Waals surface area contributed by atoms with Crippen molar-refractivity contribution in [1.29, 1.82) is 0 Å². The van der Waals surface area contributed by atoms with Crippen molar-refractivity contribution in [2.45, 2.75) is 33.9 Å². The second kappa shape index (κ2) is 9.46. The van der Waals surface area contributed by atoms with Gasteiger partial charge in [-0.2, -0.15) is 5.10 Å². The van der Waals surface area contributed by atoms with Gasteiger partial charge in [-0.1, -0.05) is 35.0 Å². The molecule has 0 aliphatic rings. The van der Waals surface area contributed by atoms with Crippen LogP contribution in [0.1, 0.15) is 38.8 Å². The van der Waals surface area contributed by atoms with E-state index in [-0.39, 0.29) is 18.1 Å². The van der Waals surface area contributed by atoms with Crippen LogP contribution < -0.4 is 10.1 Å². The van der Waals surface area contributed by atoms with Gasteiger partial charge in [0.1, 0.15) is 23.9 Å². The highest BCUT2D eigenvalue weighted by Gasteiger charge is 2.23. The average molecular weight is 469 g/mol. The highest BCUT2D eigenvalue weighted by molar-refractivity contribution is 6.30. The van der Waals surface area contributed by atoms with Gasteiger partial charge in [-0.15, -0.1) is 0 Å². The number of nitrogens with zero attached hydrogens (tertiary/aromatic N) is 3. The fourth-order valence-corrected chi connectivity index (χ4v) is 3.60. The largest absolute Gasteiger partial charge is 0.489 e. The molecule has 1 amide bonds. The molecule has 4 aromatic rings. The van der Waals surface area contributed by atoms with E-state index in [4.69, 9.17) is 20.9 Å². The van der Waals surface area contributed by atoms with Crippen molar-refractivity contribution in [3.8, 4) is 5.75 Å². The van der Waals surface area contributed by atoms with Gasteiger partial charge >= 0.3 is 0 Å². The van der Waals surface area contributed by atoms with Crippen molar-refractivity contribution in [3.05, 3.63) is 93.3 Å². The summed E-state index contributed by atoms with van der Waals surface area (Å²) in [6.45, 7) is 5.93. The molecule has 4 rings (SSSR count). The number of aryl methyl sites for hydroxylation is 2. The molecule has 0 aliphatic carbocycles. The Hall–Kier alpha value is -3.65. The Balaban J connectivity index is 1.51. The molecule has 0 spiro atoms. The highest BCUT2D eigenvalue weighted by Crippen LogP contribution is 2.24. The lowest BCUT2D eigenvalue weighted by Crippen LogP contribution is -2.16. The van der Waals surface area contributed by atoms with E-state index >= 15 is 0 Å². The topological polar surface area (TPSA) is 82.2 Å². The molecule has 170 valence electrons. The summed E-state index contributed by atoms with van der Waals surface area (Å²) < 4.78 is 26.0. The second-order valence-electron chi connectivity index (χ2n) is 7.60. The number of aromatic nitrogens is 3. The zero-order valence-corrected chi connectivity index (χ0v) is 19.1. The zero-order chi connectivity index (χ0) is 23.5. The van der Waals surface area contributed by atoms with E-state index in [1.807, 2.05) is 6.92 Å². The minimum atomic E-state index is -0.427. The van der Waals surface area contributed by atoms with E-state index in [0.29, 0.717) is 40.0 Å². The van der Waals surface area contributed by atoms with E-state index in [0.717, 1.165) is 11.3 Å². The molecule has 1 N–H and O–H groups in total. The van der Waals surface area contributed by atoms with Gasteiger partial charge in [0.25, 0.3) is 5.91 Å². The molecular formula is C24H22ClFN4O3. The Morgan fingerprint density at radius 2 is 1.94 bits per heavy atom. The smallest absolute Gasteiger partial charge is 0.278 e. The van der Waals surface area contributed by atoms with Crippen LogP contribution in [0.15, 0.2) is 53.1 Å². The molecule has 0 saturated carbocycles. The maximum absolute atomic E-state index is 13.2. The van der Waals surface area contributed by atoms with Gasteiger partial charge in [-0.05, 0) is 56.7 Å². The first kappa shape index (κ1) is 22.5. The fraction of sp³-hybridized carbons (Fsp3) is 0.208. The van der Waals surface area contributed by atoms with Crippen molar-refractivity contribution in [2.24, 2.45) is 0 Å². The van der Waals surface area contributed by atoms with Crippen LogP contribution in [-0.4, -0.2) is 20.8 Å². The molecule has 0 bridgehead atoms. The summed E-state index contributed by atoms with van der Waals surface area (Å²) in [7, 11) is 0. The SMILES string of the molecule is Cc1nn(Cc2ccc(F)cc2)c(C)c1NC(=O)c1noc(C)c1COc1cccc(Cl)c1. The first-order valence-corrected chi connectivity index (χ1v) is 10.6. The quantitative estimate of drug-likeness (QED) is 0.389. The molecule has 9 heteroatoms. The Morgan fingerprint density at radius 1 is 1.18 bits per heavy atom. The predicted molar refractivity (Wildman–Crippen MR) is 122 cm³/mol. The summed E-state index contributed by atoms with van der Waals surface area (Å²) in [5, 5.41) is 11.9. The van der Waals surface area contributed by atoms with E-state index in [1.54, 1.807) is 54.9 Å². The van der Waals surface area contributed by atoms with Gasteiger partial charge in [-0.25, -0.2) is 4.39 Å². The number of anilines is 1. The lowest BCUT2D eigenvalue weighted by Gasteiger charge is -2.08. The molecule has 0 fully saturated rings. The summed E-state index contributed by atoms with van der Waals surface area (Å²) >= 11 is 6.00. The van der Waals surface area contributed by atoms with Crippen LogP contribution in [0, 0.1) is 26.6 Å². The van der Waals surface area contributed by atoms with Crippen LogP contribution in [0.4, 0.5) is 10.1 Å². The predicted octanol–water partition coefficient (Wildman–Crippen LogP) is 5.47. The molecule has 2 heterocycles. The fourth-order valence-electron chi connectivity index (χ4n) is 3.42. The molecule has 0 saturated heterocycles. The number of benzene rings is 2. The lowest BCUT2D eigenvalue weighted by atomic mass is 10.2. The van der Waals surface area contributed by atoms with Crippen LogP contribution in [0.25, 0.3) is 0 Å². The molecule has 0 unspecified atom stereocenters. The highest BCUT2D eigenvalue weighted by atomic mass is 35.5. The van der Waals surface area contributed by atoms with Gasteiger partial charge in [0.05, 0.1) is 29.2 Å². The van der Waals surface area contributed by atoms with Crippen molar-refractivity contribution in [1.82, 2.24) is 14.9 Å². The minimum absolute atomic E-state index is 0.0974. The Kier molecular flexibility index (Phi) is 6.46. The number of hydrogen-bond donors (Lipinski definition) is 1. The van der Waals surface area contributed by atoms with Crippen molar-refractivity contribution >= 4 is 23.2 Å². The first-order valence-electron chi connectivity index (χ1n) is 10.2. The summed E-state index contributed by atoms with van der Waals surface area (Å²) in [5.41, 5.74) is 3.58. The Labute approximate surface area is 195 Å². The molecule has 0 aliphatic heterocycles. The minimum Gasteiger partial charge on any atom is -0.489 e. The maximum Gasteiger partial charge on any atom is 0.278 e. The number of carbonyl (C=O) groups is 1. The number of carbonyl (C=O) groups excluding carboxylic acids is 1.